The highest BCUT2D eigenvalue weighted by molar-refractivity contribution is 7.99. The molecule has 0 saturated heterocycles. The van der Waals surface area contributed by atoms with Gasteiger partial charge in [-0.05, 0) is 49.2 Å². The van der Waals surface area contributed by atoms with Crippen LogP contribution in [0, 0.1) is 6.92 Å². The lowest BCUT2D eigenvalue weighted by molar-refractivity contribution is -0.115. The fourth-order valence-electron chi connectivity index (χ4n) is 2.83. The van der Waals surface area contributed by atoms with E-state index in [1.54, 1.807) is 32.0 Å². The van der Waals surface area contributed by atoms with Crippen molar-refractivity contribution in [2.75, 3.05) is 32.8 Å². The first kappa shape index (κ1) is 20.2. The summed E-state index contributed by atoms with van der Waals surface area (Å²) in [5.74, 6) is 3.40. The number of thioether (sulfide) groups is 1. The maximum atomic E-state index is 12.6. The van der Waals surface area contributed by atoms with Gasteiger partial charge in [0.05, 0.1) is 19.5 Å². The van der Waals surface area contributed by atoms with E-state index in [2.05, 4.69) is 5.32 Å². The molecule has 150 valence electrons. The molecule has 0 bridgehead atoms. The van der Waals surface area contributed by atoms with Crippen LogP contribution in [0.2, 0.25) is 0 Å². The van der Waals surface area contributed by atoms with Gasteiger partial charge in [-0.1, -0.05) is 0 Å². The van der Waals surface area contributed by atoms with Crippen LogP contribution in [0.15, 0.2) is 30.3 Å². The normalized spacial score (nSPS) is 13.6. The lowest BCUT2D eigenvalue weighted by Crippen LogP contribution is -2.23. The van der Waals surface area contributed by atoms with E-state index < -0.39 is 0 Å². The standard InChI is InChI=1S/C21H25NO5S/c1-13-9-18(24-3)19(25-4)10-15(13)12-28-14(2)21(23)22-16-5-6-17-20(11-16)27-8-7-26-17/h5-6,9-11,14H,7-8,12H2,1-4H3,(H,22,23). The molecule has 0 spiro atoms. The molecular weight excluding hydrogens is 378 g/mol. The zero-order valence-electron chi connectivity index (χ0n) is 16.5. The summed E-state index contributed by atoms with van der Waals surface area (Å²) in [6.45, 7) is 4.98. The zero-order valence-corrected chi connectivity index (χ0v) is 17.4. The van der Waals surface area contributed by atoms with Gasteiger partial charge in [0.2, 0.25) is 5.91 Å². The zero-order chi connectivity index (χ0) is 20.1. The summed E-state index contributed by atoms with van der Waals surface area (Å²) in [5, 5.41) is 2.72. The van der Waals surface area contributed by atoms with Gasteiger partial charge in [0.25, 0.3) is 0 Å². The molecule has 6 nitrogen and oxygen atoms in total. The predicted octanol–water partition coefficient (Wildman–Crippen LogP) is 4.04. The number of hydrogen-bond donors (Lipinski definition) is 1. The Morgan fingerprint density at radius 2 is 1.79 bits per heavy atom. The van der Waals surface area contributed by atoms with Gasteiger partial charge >= 0.3 is 0 Å². The Morgan fingerprint density at radius 1 is 1.11 bits per heavy atom. The minimum atomic E-state index is -0.222. The molecule has 0 saturated carbocycles. The minimum Gasteiger partial charge on any atom is -0.493 e. The molecule has 0 fully saturated rings. The van der Waals surface area contributed by atoms with E-state index >= 15 is 0 Å². The molecule has 2 aromatic carbocycles. The van der Waals surface area contributed by atoms with Crippen molar-refractivity contribution < 1.29 is 23.7 Å². The molecule has 1 unspecified atom stereocenters. The number of amides is 1. The molecule has 1 heterocycles. The molecule has 1 atom stereocenters. The number of nitrogens with one attached hydrogen (secondary N) is 1. The summed E-state index contributed by atoms with van der Waals surface area (Å²) in [4.78, 5) is 12.6. The fourth-order valence-corrected chi connectivity index (χ4v) is 3.78. The SMILES string of the molecule is COc1cc(C)c(CSC(C)C(=O)Nc2ccc3c(c2)OCCO3)cc1OC. The molecule has 1 aliphatic heterocycles. The van der Waals surface area contributed by atoms with Crippen LogP contribution in [0.25, 0.3) is 0 Å². The largest absolute Gasteiger partial charge is 0.493 e. The van der Waals surface area contributed by atoms with Crippen LogP contribution < -0.4 is 24.3 Å². The number of aryl methyl sites for hydroxylation is 1. The Hall–Kier alpha value is -2.54. The molecular formula is C21H25NO5S. The van der Waals surface area contributed by atoms with E-state index in [1.807, 2.05) is 38.1 Å². The number of carbonyl (C=O) groups excluding carboxylic acids is 1. The highest BCUT2D eigenvalue weighted by Crippen LogP contribution is 2.34. The fraction of sp³-hybridized carbons (Fsp3) is 0.381. The van der Waals surface area contributed by atoms with Crippen LogP contribution in [0.4, 0.5) is 5.69 Å². The Morgan fingerprint density at radius 3 is 2.50 bits per heavy atom. The molecule has 3 rings (SSSR count). The third-order valence-electron chi connectivity index (χ3n) is 4.51. The Bertz CT molecular complexity index is 855. The summed E-state index contributed by atoms with van der Waals surface area (Å²) >= 11 is 1.57. The molecule has 2 aromatic rings. The summed E-state index contributed by atoms with van der Waals surface area (Å²) < 4.78 is 21.8. The number of benzene rings is 2. The van der Waals surface area contributed by atoms with Crippen molar-refractivity contribution in [3.05, 3.63) is 41.5 Å². The summed E-state index contributed by atoms with van der Waals surface area (Å²) in [7, 11) is 3.24. The van der Waals surface area contributed by atoms with Gasteiger partial charge in [0, 0.05) is 17.5 Å². The molecule has 28 heavy (non-hydrogen) atoms. The third kappa shape index (κ3) is 4.65. The van der Waals surface area contributed by atoms with Crippen molar-refractivity contribution in [3.63, 3.8) is 0 Å². The number of anilines is 1. The molecule has 0 aliphatic carbocycles. The second-order valence-electron chi connectivity index (χ2n) is 6.43. The van der Waals surface area contributed by atoms with Gasteiger partial charge in [-0.25, -0.2) is 0 Å². The average molecular weight is 404 g/mol. The Kier molecular flexibility index (Phi) is 6.57. The second-order valence-corrected chi connectivity index (χ2v) is 7.76. The van der Waals surface area contributed by atoms with Crippen LogP contribution in [0.3, 0.4) is 0 Å². The molecule has 1 N–H and O–H groups in total. The first-order chi connectivity index (χ1) is 13.5. The maximum Gasteiger partial charge on any atom is 0.237 e. The van der Waals surface area contributed by atoms with Crippen molar-refractivity contribution in [2.24, 2.45) is 0 Å². The van der Waals surface area contributed by atoms with Gasteiger partial charge in [-0.3, -0.25) is 4.79 Å². The van der Waals surface area contributed by atoms with Crippen molar-refractivity contribution in [1.29, 1.82) is 0 Å². The number of fused-ring (bicyclic) bond motifs is 1. The third-order valence-corrected chi connectivity index (χ3v) is 5.70. The lowest BCUT2D eigenvalue weighted by atomic mass is 10.1. The van der Waals surface area contributed by atoms with Crippen LogP contribution >= 0.6 is 11.8 Å². The van der Waals surface area contributed by atoms with Crippen LogP contribution in [-0.4, -0.2) is 38.6 Å². The van der Waals surface area contributed by atoms with Crippen molar-refractivity contribution in [1.82, 2.24) is 0 Å². The quantitative estimate of drug-likeness (QED) is 0.753. The van der Waals surface area contributed by atoms with E-state index in [9.17, 15) is 4.79 Å². The second kappa shape index (κ2) is 9.10. The lowest BCUT2D eigenvalue weighted by Gasteiger charge is -2.19. The first-order valence-electron chi connectivity index (χ1n) is 9.05. The maximum absolute atomic E-state index is 12.6. The monoisotopic (exact) mass is 403 g/mol. The first-order valence-corrected chi connectivity index (χ1v) is 10.1. The van der Waals surface area contributed by atoms with Gasteiger partial charge in [-0.2, -0.15) is 0 Å². The molecule has 0 radical (unpaired) electrons. The van der Waals surface area contributed by atoms with Gasteiger partial charge < -0.3 is 24.3 Å². The summed E-state index contributed by atoms with van der Waals surface area (Å²) in [6, 6.07) is 9.35. The van der Waals surface area contributed by atoms with E-state index in [1.165, 1.54) is 0 Å². The molecule has 1 amide bonds. The van der Waals surface area contributed by atoms with E-state index in [0.29, 0.717) is 47.7 Å². The predicted molar refractivity (Wildman–Crippen MR) is 111 cm³/mol. The Labute approximate surface area is 169 Å². The molecule has 0 aromatic heterocycles. The Balaban J connectivity index is 1.60. The van der Waals surface area contributed by atoms with Crippen molar-refractivity contribution >= 4 is 23.4 Å². The van der Waals surface area contributed by atoms with E-state index in [4.69, 9.17) is 18.9 Å². The van der Waals surface area contributed by atoms with Gasteiger partial charge in [0.15, 0.2) is 23.0 Å². The van der Waals surface area contributed by atoms with Crippen molar-refractivity contribution in [3.8, 4) is 23.0 Å². The highest BCUT2D eigenvalue weighted by atomic mass is 32.2. The number of hydrogen-bond acceptors (Lipinski definition) is 6. The van der Waals surface area contributed by atoms with E-state index in [-0.39, 0.29) is 11.2 Å². The summed E-state index contributed by atoms with van der Waals surface area (Å²) in [6.07, 6.45) is 0. The molecule has 7 heteroatoms. The molecule has 1 aliphatic rings. The highest BCUT2D eigenvalue weighted by Gasteiger charge is 2.17. The topological polar surface area (TPSA) is 66.0 Å². The number of carbonyl (C=O) groups is 1. The van der Waals surface area contributed by atoms with E-state index in [0.717, 1.165) is 11.1 Å². The smallest absolute Gasteiger partial charge is 0.237 e. The number of methoxy groups -OCH3 is 2. The van der Waals surface area contributed by atoms with Gasteiger partial charge in [0.1, 0.15) is 13.2 Å². The summed E-state index contributed by atoms with van der Waals surface area (Å²) in [5.41, 5.74) is 2.91. The minimum absolute atomic E-state index is 0.0557. The number of rotatable bonds is 7. The van der Waals surface area contributed by atoms with Crippen LogP contribution in [-0.2, 0) is 10.5 Å². The van der Waals surface area contributed by atoms with Crippen LogP contribution in [0.1, 0.15) is 18.1 Å². The van der Waals surface area contributed by atoms with Crippen molar-refractivity contribution in [2.45, 2.75) is 24.9 Å². The average Bonchev–Trinajstić information content (AvgIpc) is 2.72. The van der Waals surface area contributed by atoms with Crippen LogP contribution in [0.5, 0.6) is 23.0 Å². The number of ether oxygens (including phenoxy) is 4. The van der Waals surface area contributed by atoms with Gasteiger partial charge in [-0.15, -0.1) is 11.8 Å².